The molecule has 17 heavy (non-hydrogen) atoms. The van der Waals surface area contributed by atoms with E-state index in [0.29, 0.717) is 5.56 Å². The van der Waals surface area contributed by atoms with Gasteiger partial charge in [-0.2, -0.15) is 24.5 Å². The fourth-order valence-electron chi connectivity index (χ4n) is 1.77. The van der Waals surface area contributed by atoms with E-state index in [1.165, 1.54) is 11.3 Å². The summed E-state index contributed by atoms with van der Waals surface area (Å²) in [6.07, 6.45) is -5.16. The van der Waals surface area contributed by atoms with Crippen molar-refractivity contribution in [1.29, 1.82) is 0 Å². The molecule has 1 aliphatic heterocycles. The van der Waals surface area contributed by atoms with Crippen molar-refractivity contribution in [1.82, 2.24) is 4.90 Å². The van der Waals surface area contributed by atoms with Gasteiger partial charge < -0.3 is 10.0 Å². The lowest BCUT2D eigenvalue weighted by atomic mass is 10.0. The van der Waals surface area contributed by atoms with Crippen LogP contribution < -0.4 is 0 Å². The van der Waals surface area contributed by atoms with Gasteiger partial charge in [-0.05, 0) is 11.4 Å². The SMILES string of the molecule is O=C(c1ccsc1)N1CC[C@@](O)(C(F)(F)F)C1. The second kappa shape index (κ2) is 3.99. The summed E-state index contributed by atoms with van der Waals surface area (Å²) in [5.41, 5.74) is -2.40. The van der Waals surface area contributed by atoms with Crippen LogP contribution in [0.2, 0.25) is 0 Å². The van der Waals surface area contributed by atoms with Crippen molar-refractivity contribution in [3.8, 4) is 0 Å². The van der Waals surface area contributed by atoms with Crippen LogP contribution in [0.5, 0.6) is 0 Å². The van der Waals surface area contributed by atoms with E-state index in [0.717, 1.165) is 4.90 Å². The van der Waals surface area contributed by atoms with E-state index in [9.17, 15) is 23.1 Å². The van der Waals surface area contributed by atoms with Gasteiger partial charge in [-0.1, -0.05) is 0 Å². The van der Waals surface area contributed by atoms with Gasteiger partial charge in [0, 0.05) is 18.3 Å². The van der Waals surface area contributed by atoms with Crippen LogP contribution in [0.3, 0.4) is 0 Å². The molecule has 1 fully saturated rings. The van der Waals surface area contributed by atoms with Crippen molar-refractivity contribution < 1.29 is 23.1 Å². The number of amides is 1. The summed E-state index contributed by atoms with van der Waals surface area (Å²) in [6, 6.07) is 1.55. The van der Waals surface area contributed by atoms with E-state index in [-0.39, 0.29) is 6.54 Å². The molecule has 7 heteroatoms. The second-order valence-electron chi connectivity index (χ2n) is 4.02. The molecule has 1 aromatic rings. The maximum atomic E-state index is 12.5. The van der Waals surface area contributed by atoms with E-state index in [1.54, 1.807) is 16.8 Å². The highest BCUT2D eigenvalue weighted by molar-refractivity contribution is 7.08. The summed E-state index contributed by atoms with van der Waals surface area (Å²) < 4.78 is 37.6. The maximum Gasteiger partial charge on any atom is 0.419 e. The minimum absolute atomic E-state index is 0.0787. The molecule has 1 saturated heterocycles. The summed E-state index contributed by atoms with van der Waals surface area (Å²) in [5.74, 6) is -0.466. The number of hydrogen-bond donors (Lipinski definition) is 1. The lowest BCUT2D eigenvalue weighted by Gasteiger charge is -2.25. The molecule has 0 saturated carbocycles. The molecule has 0 radical (unpaired) electrons. The first-order valence-electron chi connectivity index (χ1n) is 4.94. The molecule has 1 amide bonds. The zero-order valence-electron chi connectivity index (χ0n) is 8.70. The van der Waals surface area contributed by atoms with Crippen LogP contribution in [0, 0.1) is 0 Å². The number of halogens is 3. The van der Waals surface area contributed by atoms with Crippen molar-refractivity contribution in [2.24, 2.45) is 0 Å². The predicted octanol–water partition coefficient (Wildman–Crippen LogP) is 1.89. The third-order valence-electron chi connectivity index (χ3n) is 2.83. The lowest BCUT2D eigenvalue weighted by molar-refractivity contribution is -0.253. The Morgan fingerprint density at radius 3 is 2.71 bits per heavy atom. The number of carbonyl (C=O) groups excluding carboxylic acids is 1. The third-order valence-corrected chi connectivity index (χ3v) is 3.51. The highest BCUT2D eigenvalue weighted by Gasteiger charge is 2.57. The zero-order valence-corrected chi connectivity index (χ0v) is 9.51. The number of thiophene rings is 1. The average Bonchev–Trinajstić information content (AvgIpc) is 2.84. The van der Waals surface area contributed by atoms with Crippen molar-refractivity contribution in [2.45, 2.75) is 18.2 Å². The minimum Gasteiger partial charge on any atom is -0.379 e. The number of alkyl halides is 3. The Hall–Kier alpha value is -1.08. The quantitative estimate of drug-likeness (QED) is 0.842. The Bertz CT molecular complexity index is 418. The molecule has 94 valence electrons. The van der Waals surface area contributed by atoms with Crippen LogP contribution in [0.1, 0.15) is 16.8 Å². The van der Waals surface area contributed by atoms with Crippen molar-refractivity contribution in [3.05, 3.63) is 22.4 Å². The van der Waals surface area contributed by atoms with Gasteiger partial charge in [0.2, 0.25) is 0 Å². The molecule has 0 spiro atoms. The highest BCUT2D eigenvalue weighted by Crippen LogP contribution is 2.38. The predicted molar refractivity (Wildman–Crippen MR) is 55.8 cm³/mol. The van der Waals surface area contributed by atoms with Gasteiger partial charge in [0.15, 0.2) is 5.60 Å². The van der Waals surface area contributed by atoms with E-state index in [2.05, 4.69) is 0 Å². The number of aliphatic hydroxyl groups is 1. The Morgan fingerprint density at radius 2 is 2.24 bits per heavy atom. The van der Waals surface area contributed by atoms with Crippen LogP contribution in [0.4, 0.5) is 13.2 Å². The molecule has 1 atom stereocenters. The van der Waals surface area contributed by atoms with Crippen LogP contribution in [-0.4, -0.2) is 40.8 Å². The molecule has 0 unspecified atom stereocenters. The molecule has 3 nitrogen and oxygen atoms in total. The Labute approximate surface area is 99.5 Å². The molecular weight excluding hydrogens is 255 g/mol. The van der Waals surface area contributed by atoms with Crippen LogP contribution in [-0.2, 0) is 0 Å². The molecule has 0 aromatic carbocycles. The first-order chi connectivity index (χ1) is 7.83. The fraction of sp³-hybridized carbons (Fsp3) is 0.500. The van der Waals surface area contributed by atoms with E-state index >= 15 is 0 Å². The zero-order chi connectivity index (χ0) is 12.7. The number of carbonyl (C=O) groups is 1. The number of nitrogens with zero attached hydrogens (tertiary/aromatic N) is 1. The molecule has 0 bridgehead atoms. The topological polar surface area (TPSA) is 40.5 Å². The molecular formula is C10H10F3NO2S. The number of likely N-dealkylation sites (tertiary alicyclic amines) is 1. The Kier molecular flexibility index (Phi) is 2.90. The highest BCUT2D eigenvalue weighted by atomic mass is 32.1. The smallest absolute Gasteiger partial charge is 0.379 e. The third kappa shape index (κ3) is 2.16. The van der Waals surface area contributed by atoms with Gasteiger partial charge in [-0.25, -0.2) is 0 Å². The van der Waals surface area contributed by atoms with Gasteiger partial charge in [0.1, 0.15) is 0 Å². The summed E-state index contributed by atoms with van der Waals surface area (Å²) in [7, 11) is 0. The summed E-state index contributed by atoms with van der Waals surface area (Å²) in [5, 5.41) is 12.7. The van der Waals surface area contributed by atoms with Gasteiger partial charge in [0.25, 0.3) is 5.91 Å². The average molecular weight is 265 g/mol. The Morgan fingerprint density at radius 1 is 1.53 bits per heavy atom. The second-order valence-corrected chi connectivity index (χ2v) is 4.80. The van der Waals surface area contributed by atoms with Gasteiger partial charge >= 0.3 is 6.18 Å². The normalized spacial score (nSPS) is 25.3. The van der Waals surface area contributed by atoms with Gasteiger partial charge in [-0.15, -0.1) is 0 Å². The standard InChI is InChI=1S/C10H10F3NO2S/c11-10(12,13)9(16)2-3-14(6-9)8(15)7-1-4-17-5-7/h1,4-5,16H,2-3,6H2/t9-/m0/s1. The molecule has 1 aliphatic rings. The number of rotatable bonds is 1. The van der Waals surface area contributed by atoms with Gasteiger partial charge in [0.05, 0.1) is 12.1 Å². The molecule has 1 aromatic heterocycles. The van der Waals surface area contributed by atoms with Crippen LogP contribution in [0.15, 0.2) is 16.8 Å². The van der Waals surface area contributed by atoms with E-state index < -0.39 is 30.7 Å². The number of β-amino-alcohol motifs (C(OH)–C–C–N with tert-alkyl or cyclic N) is 1. The lowest BCUT2D eigenvalue weighted by Crippen LogP contribution is -2.48. The summed E-state index contributed by atoms with van der Waals surface area (Å²) >= 11 is 1.30. The van der Waals surface area contributed by atoms with Crippen LogP contribution in [0.25, 0.3) is 0 Å². The summed E-state index contributed by atoms with van der Waals surface area (Å²) in [4.78, 5) is 12.8. The monoisotopic (exact) mass is 265 g/mol. The largest absolute Gasteiger partial charge is 0.419 e. The maximum absolute atomic E-state index is 12.5. The van der Waals surface area contributed by atoms with Crippen LogP contribution >= 0.6 is 11.3 Å². The van der Waals surface area contributed by atoms with Crippen molar-refractivity contribution in [3.63, 3.8) is 0 Å². The summed E-state index contributed by atoms with van der Waals surface area (Å²) in [6.45, 7) is -0.768. The van der Waals surface area contributed by atoms with Crippen molar-refractivity contribution in [2.75, 3.05) is 13.1 Å². The molecule has 0 aliphatic carbocycles. The minimum atomic E-state index is -4.70. The molecule has 1 N–H and O–H groups in total. The Balaban J connectivity index is 2.11. The van der Waals surface area contributed by atoms with E-state index in [1.807, 2.05) is 0 Å². The first-order valence-corrected chi connectivity index (χ1v) is 5.88. The fourth-order valence-corrected chi connectivity index (χ4v) is 2.40. The van der Waals surface area contributed by atoms with Gasteiger partial charge in [-0.3, -0.25) is 4.79 Å². The molecule has 2 rings (SSSR count). The van der Waals surface area contributed by atoms with E-state index in [4.69, 9.17) is 0 Å². The molecule has 2 heterocycles. The number of hydrogen-bond acceptors (Lipinski definition) is 3. The van der Waals surface area contributed by atoms with Crippen molar-refractivity contribution >= 4 is 17.2 Å². The first kappa shape index (κ1) is 12.4.